The summed E-state index contributed by atoms with van der Waals surface area (Å²) in [6, 6.07) is 9.20. The van der Waals surface area contributed by atoms with E-state index in [0.717, 1.165) is 12.1 Å². The number of hydrogen-bond acceptors (Lipinski definition) is 7. The van der Waals surface area contributed by atoms with E-state index in [1.54, 1.807) is 37.3 Å². The molecule has 2 aromatic carbocycles. The number of amides is 1. The predicted molar refractivity (Wildman–Crippen MR) is 104 cm³/mol. The Hall–Kier alpha value is -3.15. The van der Waals surface area contributed by atoms with Crippen molar-refractivity contribution in [3.63, 3.8) is 0 Å². The zero-order chi connectivity index (χ0) is 21.3. The molecule has 3 rings (SSSR count). The van der Waals surface area contributed by atoms with Gasteiger partial charge in [-0.2, -0.15) is 28.8 Å². The Bertz CT molecular complexity index is 1160. The molecular weight excluding hydrogens is 424 g/mol. The number of benzene rings is 2. The van der Waals surface area contributed by atoms with Crippen LogP contribution in [0.1, 0.15) is 17.3 Å². The minimum Gasteiger partial charge on any atom is -0.478 e. The van der Waals surface area contributed by atoms with Gasteiger partial charge in [-0.3, -0.25) is 9.35 Å². The third-order valence-electron chi connectivity index (χ3n) is 3.94. The van der Waals surface area contributed by atoms with E-state index in [-0.39, 0.29) is 10.7 Å². The largest absolute Gasteiger partial charge is 0.478 e. The van der Waals surface area contributed by atoms with E-state index < -0.39 is 38.5 Å². The number of carboxylic acid groups (broad SMARTS) is 1. The van der Waals surface area contributed by atoms with Crippen LogP contribution in [0.5, 0.6) is 0 Å². The summed E-state index contributed by atoms with van der Waals surface area (Å²) < 4.78 is 31.9. The minimum absolute atomic E-state index is 0.185. The van der Waals surface area contributed by atoms with Gasteiger partial charge in [0.2, 0.25) is 0 Å². The third kappa shape index (κ3) is 4.16. The van der Waals surface area contributed by atoms with Crippen LogP contribution in [0.15, 0.2) is 62.7 Å². The van der Waals surface area contributed by atoms with Crippen LogP contribution >= 0.6 is 11.6 Å². The summed E-state index contributed by atoms with van der Waals surface area (Å²) in [4.78, 5) is 23.1. The summed E-state index contributed by atoms with van der Waals surface area (Å²) in [5.74, 6) is -2.09. The molecule has 1 unspecified atom stereocenters. The molecule has 1 aliphatic heterocycles. The molecule has 0 saturated heterocycles. The van der Waals surface area contributed by atoms with E-state index in [9.17, 15) is 27.7 Å². The number of carbonyl (C=O) groups is 2. The van der Waals surface area contributed by atoms with Crippen LogP contribution in [0.4, 0.5) is 11.4 Å². The molecule has 0 bridgehead atoms. The number of aromatic carboxylic acids is 1. The summed E-state index contributed by atoms with van der Waals surface area (Å²) in [7, 11) is -4.82. The molecule has 150 valence electrons. The van der Waals surface area contributed by atoms with Crippen LogP contribution in [0.3, 0.4) is 0 Å². The number of para-hydroxylation sites is 1. The first-order valence-corrected chi connectivity index (χ1v) is 9.80. The smallest absolute Gasteiger partial charge is 0.337 e. The Morgan fingerprint density at radius 2 is 1.90 bits per heavy atom. The van der Waals surface area contributed by atoms with E-state index in [0.29, 0.717) is 11.4 Å². The highest BCUT2D eigenvalue weighted by Gasteiger charge is 2.34. The average molecular weight is 437 g/mol. The molecule has 0 fully saturated rings. The van der Waals surface area contributed by atoms with Crippen molar-refractivity contribution in [2.24, 2.45) is 15.3 Å². The zero-order valence-corrected chi connectivity index (χ0v) is 16.3. The van der Waals surface area contributed by atoms with E-state index >= 15 is 0 Å². The van der Waals surface area contributed by atoms with Crippen molar-refractivity contribution in [1.29, 1.82) is 0 Å². The van der Waals surface area contributed by atoms with Crippen LogP contribution in [-0.2, 0) is 14.9 Å². The first kappa shape index (κ1) is 20.6. The zero-order valence-electron chi connectivity index (χ0n) is 14.7. The molecule has 29 heavy (non-hydrogen) atoms. The number of carbonyl (C=O) groups excluding carboxylic acids is 1. The van der Waals surface area contributed by atoms with Crippen molar-refractivity contribution in [3.05, 3.63) is 53.1 Å². The van der Waals surface area contributed by atoms with Gasteiger partial charge in [0.25, 0.3) is 16.0 Å². The summed E-state index contributed by atoms with van der Waals surface area (Å²) in [5, 5.41) is 22.0. The van der Waals surface area contributed by atoms with Gasteiger partial charge < -0.3 is 5.11 Å². The molecular formula is C17H13ClN4O6S. The second kappa shape index (κ2) is 7.70. The lowest BCUT2D eigenvalue weighted by molar-refractivity contribution is -0.117. The van der Waals surface area contributed by atoms with Crippen LogP contribution in [-0.4, -0.2) is 41.7 Å². The Morgan fingerprint density at radius 3 is 2.48 bits per heavy atom. The molecule has 12 heteroatoms. The van der Waals surface area contributed by atoms with Gasteiger partial charge in [0.1, 0.15) is 10.6 Å². The number of rotatable bonds is 5. The normalized spacial score (nSPS) is 17.1. The molecule has 1 atom stereocenters. The van der Waals surface area contributed by atoms with Crippen molar-refractivity contribution in [2.75, 3.05) is 5.01 Å². The molecule has 1 heterocycles. The summed E-state index contributed by atoms with van der Waals surface area (Å²) >= 11 is 5.95. The molecule has 0 saturated carbocycles. The topological polar surface area (TPSA) is 149 Å². The Kier molecular flexibility index (Phi) is 5.46. The summed E-state index contributed by atoms with van der Waals surface area (Å²) in [5.41, 5.74) is -0.0277. The fourth-order valence-electron chi connectivity index (χ4n) is 2.56. The van der Waals surface area contributed by atoms with Gasteiger partial charge in [-0.15, -0.1) is 0 Å². The number of azo groups is 1. The Morgan fingerprint density at radius 1 is 1.24 bits per heavy atom. The second-order valence-corrected chi connectivity index (χ2v) is 7.72. The van der Waals surface area contributed by atoms with Gasteiger partial charge in [0.05, 0.1) is 22.0 Å². The van der Waals surface area contributed by atoms with E-state index in [1.165, 1.54) is 5.01 Å². The molecule has 10 nitrogen and oxygen atoms in total. The highest BCUT2D eigenvalue weighted by Crippen LogP contribution is 2.32. The second-order valence-electron chi connectivity index (χ2n) is 5.92. The summed E-state index contributed by atoms with van der Waals surface area (Å²) in [6.45, 7) is 1.58. The molecule has 1 aliphatic rings. The standard InChI is InChI=1S/C17H13ClN4O6S/c1-9-15(16(23)22(21-9)10-5-3-2-4-6-10)20-19-13-7-11(17(24)25)14(8-12(13)18)29(26,27)28/h2-8,15H,1H3,(H,24,25)(H,26,27,28). The fourth-order valence-corrected chi connectivity index (χ4v) is 3.52. The van der Waals surface area contributed by atoms with E-state index in [2.05, 4.69) is 15.3 Å². The van der Waals surface area contributed by atoms with E-state index in [1.807, 2.05) is 0 Å². The maximum atomic E-state index is 12.6. The SMILES string of the molecule is CC1=NN(c2ccccc2)C(=O)C1N=Nc1cc(C(=O)O)c(S(=O)(=O)O)cc1Cl. The Balaban J connectivity index is 1.94. The van der Waals surface area contributed by atoms with Crippen LogP contribution in [0.25, 0.3) is 0 Å². The van der Waals surface area contributed by atoms with Crippen molar-refractivity contribution in [1.82, 2.24) is 0 Å². The first-order chi connectivity index (χ1) is 13.6. The molecule has 2 N–H and O–H groups in total. The number of hydrazone groups is 1. The molecule has 0 radical (unpaired) electrons. The van der Waals surface area contributed by atoms with Gasteiger partial charge in [-0.1, -0.05) is 29.8 Å². The maximum Gasteiger partial charge on any atom is 0.337 e. The third-order valence-corrected chi connectivity index (χ3v) is 5.13. The predicted octanol–water partition coefficient (Wildman–Crippen LogP) is 3.16. The highest BCUT2D eigenvalue weighted by molar-refractivity contribution is 7.86. The number of anilines is 1. The summed E-state index contributed by atoms with van der Waals surface area (Å²) in [6.07, 6.45) is 0. The number of hydrogen-bond donors (Lipinski definition) is 2. The van der Waals surface area contributed by atoms with Gasteiger partial charge >= 0.3 is 5.97 Å². The lowest BCUT2D eigenvalue weighted by atomic mass is 10.2. The average Bonchev–Trinajstić information content (AvgIpc) is 2.94. The van der Waals surface area contributed by atoms with E-state index in [4.69, 9.17) is 11.6 Å². The van der Waals surface area contributed by atoms with Gasteiger partial charge in [0, 0.05) is 0 Å². The van der Waals surface area contributed by atoms with Crippen LogP contribution in [0, 0.1) is 0 Å². The molecule has 1 amide bonds. The fraction of sp³-hybridized carbons (Fsp3) is 0.118. The van der Waals surface area contributed by atoms with Crippen LogP contribution in [0.2, 0.25) is 5.02 Å². The van der Waals surface area contributed by atoms with Crippen molar-refractivity contribution >= 4 is 50.7 Å². The number of halogens is 1. The first-order valence-electron chi connectivity index (χ1n) is 7.99. The monoisotopic (exact) mass is 436 g/mol. The Labute approximate surface area is 169 Å². The maximum absolute atomic E-state index is 12.6. The molecule has 2 aromatic rings. The van der Waals surface area contributed by atoms with Crippen LogP contribution < -0.4 is 5.01 Å². The van der Waals surface area contributed by atoms with Crippen molar-refractivity contribution in [3.8, 4) is 0 Å². The molecule has 0 aromatic heterocycles. The van der Waals surface area contributed by atoms with Gasteiger partial charge in [0.15, 0.2) is 6.04 Å². The lowest BCUT2D eigenvalue weighted by Crippen LogP contribution is -2.29. The van der Waals surface area contributed by atoms with Gasteiger partial charge in [-0.05, 0) is 31.2 Å². The lowest BCUT2D eigenvalue weighted by Gasteiger charge is -2.12. The number of nitrogens with zero attached hydrogens (tertiary/aromatic N) is 4. The quantitative estimate of drug-likeness (QED) is 0.543. The van der Waals surface area contributed by atoms with Crippen molar-refractivity contribution in [2.45, 2.75) is 17.9 Å². The van der Waals surface area contributed by atoms with Crippen molar-refractivity contribution < 1.29 is 27.7 Å². The highest BCUT2D eigenvalue weighted by atomic mass is 35.5. The van der Waals surface area contributed by atoms with Gasteiger partial charge in [-0.25, -0.2) is 4.79 Å². The minimum atomic E-state index is -4.82. The number of carboxylic acids is 1. The molecule has 0 aliphatic carbocycles. The molecule has 0 spiro atoms.